The summed E-state index contributed by atoms with van der Waals surface area (Å²) in [5.41, 5.74) is 5.91. The van der Waals surface area contributed by atoms with Gasteiger partial charge in [-0.2, -0.15) is 5.10 Å². The van der Waals surface area contributed by atoms with Crippen LogP contribution in [0.15, 0.2) is 65.9 Å². The molecule has 0 saturated heterocycles. The second kappa shape index (κ2) is 5.72. The lowest BCUT2D eigenvalue weighted by molar-refractivity contribution is 1.35. The SMILES string of the molecule is Clc1ccc(/C=N/Nc2cccc3ncccc23)cc1. The number of rotatable bonds is 3. The van der Waals surface area contributed by atoms with Crippen LogP contribution in [0.25, 0.3) is 10.9 Å². The molecule has 0 aliphatic rings. The Morgan fingerprint density at radius 1 is 1.00 bits per heavy atom. The molecule has 3 rings (SSSR count). The van der Waals surface area contributed by atoms with Crippen LogP contribution < -0.4 is 5.43 Å². The minimum Gasteiger partial charge on any atom is -0.278 e. The van der Waals surface area contributed by atoms with Crippen LogP contribution in [-0.4, -0.2) is 11.2 Å². The first-order valence-corrected chi connectivity index (χ1v) is 6.59. The zero-order valence-corrected chi connectivity index (χ0v) is 11.4. The van der Waals surface area contributed by atoms with Crippen LogP contribution in [0.4, 0.5) is 5.69 Å². The van der Waals surface area contributed by atoms with Crippen molar-refractivity contribution in [2.75, 3.05) is 5.43 Å². The molecule has 2 aromatic carbocycles. The van der Waals surface area contributed by atoms with Gasteiger partial charge in [-0.05, 0) is 42.0 Å². The van der Waals surface area contributed by atoms with Crippen molar-refractivity contribution in [1.29, 1.82) is 0 Å². The molecular weight excluding hydrogens is 270 g/mol. The van der Waals surface area contributed by atoms with Gasteiger partial charge in [-0.3, -0.25) is 10.4 Å². The van der Waals surface area contributed by atoms with Crippen molar-refractivity contribution in [1.82, 2.24) is 4.98 Å². The standard InChI is InChI=1S/C16H12ClN3/c17-13-8-6-12(7-9-13)11-19-20-16-5-1-4-15-14(16)3-2-10-18-15/h1-11,20H/b19-11+. The Hall–Kier alpha value is -2.39. The molecule has 4 heteroatoms. The molecule has 3 aromatic rings. The highest BCUT2D eigenvalue weighted by Gasteiger charge is 1.98. The monoisotopic (exact) mass is 281 g/mol. The van der Waals surface area contributed by atoms with Crippen molar-refractivity contribution in [2.24, 2.45) is 5.10 Å². The number of fused-ring (bicyclic) bond motifs is 1. The molecule has 0 fully saturated rings. The predicted octanol–water partition coefficient (Wildman–Crippen LogP) is 4.33. The fourth-order valence-electron chi connectivity index (χ4n) is 1.93. The van der Waals surface area contributed by atoms with Crippen molar-refractivity contribution >= 4 is 34.4 Å². The number of hydrazone groups is 1. The molecule has 1 aromatic heterocycles. The summed E-state index contributed by atoms with van der Waals surface area (Å²) in [7, 11) is 0. The summed E-state index contributed by atoms with van der Waals surface area (Å²) in [5.74, 6) is 0. The molecule has 20 heavy (non-hydrogen) atoms. The normalized spacial score (nSPS) is 11.1. The van der Waals surface area contributed by atoms with Crippen LogP contribution in [0.2, 0.25) is 5.02 Å². The van der Waals surface area contributed by atoms with E-state index in [2.05, 4.69) is 15.5 Å². The van der Waals surface area contributed by atoms with Crippen LogP contribution in [0.5, 0.6) is 0 Å². The van der Waals surface area contributed by atoms with E-state index in [0.717, 1.165) is 27.2 Å². The molecule has 1 heterocycles. The largest absolute Gasteiger partial charge is 0.278 e. The average molecular weight is 282 g/mol. The average Bonchev–Trinajstić information content (AvgIpc) is 2.49. The second-order valence-corrected chi connectivity index (χ2v) is 4.73. The van der Waals surface area contributed by atoms with E-state index in [1.807, 2.05) is 54.6 Å². The summed E-state index contributed by atoms with van der Waals surface area (Å²) in [6.07, 6.45) is 3.54. The molecule has 3 nitrogen and oxygen atoms in total. The molecule has 0 spiro atoms. The summed E-state index contributed by atoms with van der Waals surface area (Å²) in [5, 5.41) is 6.01. The number of nitrogens with zero attached hydrogens (tertiary/aromatic N) is 2. The summed E-state index contributed by atoms with van der Waals surface area (Å²) >= 11 is 5.84. The molecule has 0 aliphatic heterocycles. The Morgan fingerprint density at radius 2 is 1.85 bits per heavy atom. The van der Waals surface area contributed by atoms with E-state index in [1.165, 1.54) is 0 Å². The van der Waals surface area contributed by atoms with E-state index < -0.39 is 0 Å². The van der Waals surface area contributed by atoms with E-state index in [9.17, 15) is 0 Å². The van der Waals surface area contributed by atoms with E-state index >= 15 is 0 Å². The van der Waals surface area contributed by atoms with Gasteiger partial charge in [0.05, 0.1) is 17.4 Å². The van der Waals surface area contributed by atoms with E-state index in [1.54, 1.807) is 12.4 Å². The minimum atomic E-state index is 0.718. The van der Waals surface area contributed by atoms with E-state index in [0.29, 0.717) is 0 Å². The number of nitrogens with one attached hydrogen (secondary N) is 1. The summed E-state index contributed by atoms with van der Waals surface area (Å²) in [6, 6.07) is 17.3. The van der Waals surface area contributed by atoms with Crippen molar-refractivity contribution < 1.29 is 0 Å². The van der Waals surface area contributed by atoms with Gasteiger partial charge in [0.25, 0.3) is 0 Å². The molecule has 0 atom stereocenters. The molecule has 0 unspecified atom stereocenters. The molecule has 0 saturated carbocycles. The zero-order chi connectivity index (χ0) is 13.8. The highest BCUT2D eigenvalue weighted by Crippen LogP contribution is 2.21. The number of benzene rings is 2. The predicted molar refractivity (Wildman–Crippen MR) is 84.4 cm³/mol. The fraction of sp³-hybridized carbons (Fsp3) is 0. The van der Waals surface area contributed by atoms with Crippen molar-refractivity contribution in [3.8, 4) is 0 Å². The third kappa shape index (κ3) is 2.78. The Labute approximate surface area is 121 Å². The van der Waals surface area contributed by atoms with Crippen LogP contribution in [0.3, 0.4) is 0 Å². The van der Waals surface area contributed by atoms with Gasteiger partial charge < -0.3 is 0 Å². The maximum absolute atomic E-state index is 5.84. The molecule has 98 valence electrons. The molecular formula is C16H12ClN3. The quantitative estimate of drug-likeness (QED) is 0.573. The van der Waals surface area contributed by atoms with Crippen molar-refractivity contribution in [3.05, 3.63) is 71.4 Å². The topological polar surface area (TPSA) is 37.3 Å². The van der Waals surface area contributed by atoms with Gasteiger partial charge in [0.2, 0.25) is 0 Å². The highest BCUT2D eigenvalue weighted by atomic mass is 35.5. The number of aromatic nitrogens is 1. The molecule has 0 amide bonds. The van der Waals surface area contributed by atoms with Gasteiger partial charge in [-0.25, -0.2) is 0 Å². The Morgan fingerprint density at radius 3 is 2.70 bits per heavy atom. The van der Waals surface area contributed by atoms with Crippen LogP contribution in [0, 0.1) is 0 Å². The molecule has 0 aliphatic carbocycles. The number of anilines is 1. The van der Waals surface area contributed by atoms with Gasteiger partial charge in [-0.1, -0.05) is 29.8 Å². The Balaban J connectivity index is 1.81. The van der Waals surface area contributed by atoms with Crippen LogP contribution in [0.1, 0.15) is 5.56 Å². The van der Waals surface area contributed by atoms with Crippen molar-refractivity contribution in [2.45, 2.75) is 0 Å². The fourth-order valence-corrected chi connectivity index (χ4v) is 2.05. The smallest absolute Gasteiger partial charge is 0.0723 e. The third-order valence-corrected chi connectivity index (χ3v) is 3.17. The van der Waals surface area contributed by atoms with Gasteiger partial charge in [-0.15, -0.1) is 0 Å². The Kier molecular flexibility index (Phi) is 3.61. The first-order valence-electron chi connectivity index (χ1n) is 6.21. The summed E-state index contributed by atoms with van der Waals surface area (Å²) in [4.78, 5) is 4.31. The minimum absolute atomic E-state index is 0.718. The number of halogens is 1. The maximum Gasteiger partial charge on any atom is 0.0723 e. The van der Waals surface area contributed by atoms with Crippen LogP contribution in [-0.2, 0) is 0 Å². The highest BCUT2D eigenvalue weighted by molar-refractivity contribution is 6.30. The third-order valence-electron chi connectivity index (χ3n) is 2.91. The van der Waals surface area contributed by atoms with Crippen molar-refractivity contribution in [3.63, 3.8) is 0 Å². The summed E-state index contributed by atoms with van der Waals surface area (Å²) in [6.45, 7) is 0. The van der Waals surface area contributed by atoms with Gasteiger partial charge in [0.1, 0.15) is 0 Å². The Bertz CT molecular complexity index is 746. The van der Waals surface area contributed by atoms with E-state index in [4.69, 9.17) is 11.6 Å². The van der Waals surface area contributed by atoms with Crippen LogP contribution >= 0.6 is 11.6 Å². The lowest BCUT2D eigenvalue weighted by atomic mass is 10.2. The first kappa shape index (κ1) is 12.6. The number of hydrogen-bond acceptors (Lipinski definition) is 3. The molecule has 0 bridgehead atoms. The van der Waals surface area contributed by atoms with E-state index in [-0.39, 0.29) is 0 Å². The summed E-state index contributed by atoms with van der Waals surface area (Å²) < 4.78 is 0. The van der Waals surface area contributed by atoms with Gasteiger partial charge in [0, 0.05) is 16.6 Å². The zero-order valence-electron chi connectivity index (χ0n) is 10.6. The number of hydrogen-bond donors (Lipinski definition) is 1. The van der Waals surface area contributed by atoms with Gasteiger partial charge in [0.15, 0.2) is 0 Å². The lowest BCUT2D eigenvalue weighted by Crippen LogP contribution is -1.92. The lowest BCUT2D eigenvalue weighted by Gasteiger charge is -2.04. The molecule has 1 N–H and O–H groups in total. The second-order valence-electron chi connectivity index (χ2n) is 4.30. The first-order chi connectivity index (χ1) is 9.83. The van der Waals surface area contributed by atoms with Gasteiger partial charge >= 0.3 is 0 Å². The maximum atomic E-state index is 5.84. The number of pyridine rings is 1. The molecule has 0 radical (unpaired) electrons.